The average molecular weight is 692 g/mol. The van der Waals surface area contributed by atoms with E-state index < -0.39 is 78.1 Å². The standard InChI is InChI=1S/C35H61N7O7/c1-18(2)16-25-30(44)37-27(23-12-13-23)34(48)41(10)22(7)33(47)42(11)26(17-19(3)4)31(45)38-28(24-14-15-24)35(49)40(9)21(6)32(46)39(8)20(5)29(43)36-25/h18-28,30,37,44H,12-17H2,1-11H3,(H,36,43)(H,38,45)/t20-,21+,22+,25-,26+,27-,28+,30?/m1/s1. The van der Waals surface area contributed by atoms with E-state index in [-0.39, 0.29) is 29.6 Å². The molecule has 14 nitrogen and oxygen atoms in total. The van der Waals surface area contributed by atoms with Crippen molar-refractivity contribution in [3.63, 3.8) is 0 Å². The van der Waals surface area contributed by atoms with Crippen molar-refractivity contribution in [2.75, 3.05) is 28.2 Å². The van der Waals surface area contributed by atoms with E-state index in [1.54, 1.807) is 20.8 Å². The van der Waals surface area contributed by atoms with E-state index in [1.807, 2.05) is 27.7 Å². The molecule has 0 bridgehead atoms. The molecule has 0 spiro atoms. The molecule has 0 aromatic heterocycles. The van der Waals surface area contributed by atoms with Crippen LogP contribution in [0.25, 0.3) is 0 Å². The zero-order valence-electron chi connectivity index (χ0n) is 31.4. The van der Waals surface area contributed by atoms with Gasteiger partial charge in [0.1, 0.15) is 36.4 Å². The first kappa shape index (κ1) is 40.2. The van der Waals surface area contributed by atoms with Crippen LogP contribution >= 0.6 is 0 Å². The van der Waals surface area contributed by atoms with Gasteiger partial charge in [-0.15, -0.1) is 0 Å². The van der Waals surface area contributed by atoms with Gasteiger partial charge in [-0.25, -0.2) is 0 Å². The summed E-state index contributed by atoms with van der Waals surface area (Å²) in [5, 5.41) is 20.3. The smallest absolute Gasteiger partial charge is 0.245 e. The van der Waals surface area contributed by atoms with Crippen LogP contribution in [0.1, 0.15) is 87.0 Å². The number of carbonyl (C=O) groups excluding carboxylic acids is 6. The third-order valence-corrected chi connectivity index (χ3v) is 10.5. The van der Waals surface area contributed by atoms with Gasteiger partial charge in [0, 0.05) is 28.2 Å². The van der Waals surface area contributed by atoms with Crippen molar-refractivity contribution in [3.05, 3.63) is 0 Å². The first-order valence-electron chi connectivity index (χ1n) is 17.9. The molecule has 1 aliphatic heterocycles. The summed E-state index contributed by atoms with van der Waals surface area (Å²) in [6.07, 6.45) is 2.41. The Balaban J connectivity index is 2.05. The number of amides is 6. The Morgan fingerprint density at radius 3 is 1.49 bits per heavy atom. The number of rotatable bonds is 6. The van der Waals surface area contributed by atoms with Crippen LogP contribution in [-0.2, 0) is 28.8 Å². The minimum Gasteiger partial charge on any atom is -0.376 e. The summed E-state index contributed by atoms with van der Waals surface area (Å²) in [4.78, 5) is 88.1. The van der Waals surface area contributed by atoms with Gasteiger partial charge in [0.15, 0.2) is 0 Å². The Morgan fingerprint density at radius 2 is 1.02 bits per heavy atom. The highest BCUT2D eigenvalue weighted by atomic mass is 16.3. The van der Waals surface area contributed by atoms with E-state index in [4.69, 9.17) is 0 Å². The molecule has 1 saturated heterocycles. The molecule has 3 aliphatic rings. The molecule has 8 atom stereocenters. The average Bonchev–Trinajstić information content (AvgIpc) is 3.98. The Morgan fingerprint density at radius 1 is 0.592 bits per heavy atom. The van der Waals surface area contributed by atoms with Crippen molar-refractivity contribution in [1.82, 2.24) is 35.6 Å². The van der Waals surface area contributed by atoms with Crippen molar-refractivity contribution in [2.45, 2.75) is 136 Å². The minimum absolute atomic E-state index is 0.0307. The van der Waals surface area contributed by atoms with E-state index in [2.05, 4.69) is 16.0 Å². The Bertz CT molecular complexity index is 1240. The number of aliphatic hydroxyl groups is 1. The fourth-order valence-corrected chi connectivity index (χ4v) is 6.43. The first-order chi connectivity index (χ1) is 22.8. The monoisotopic (exact) mass is 691 g/mol. The SMILES string of the molecule is CC(C)C[C@H]1NC(=O)[C@@H](C)N(C)C(=O)[C@H](C)N(C)C(=O)[C@H](C2CC2)NC(=O)[C@H](CC(C)C)N(C)C(=O)[C@H](C)N(C)C(=O)[C@@H](C2CC2)NC1O. The maximum Gasteiger partial charge on any atom is 0.245 e. The predicted molar refractivity (Wildman–Crippen MR) is 184 cm³/mol. The van der Waals surface area contributed by atoms with Gasteiger partial charge in [-0.1, -0.05) is 27.7 Å². The summed E-state index contributed by atoms with van der Waals surface area (Å²) in [6, 6.07) is -6.22. The number of nitrogens with zero attached hydrogens (tertiary/aromatic N) is 4. The minimum atomic E-state index is -1.30. The van der Waals surface area contributed by atoms with Crippen LogP contribution in [0.3, 0.4) is 0 Å². The Kier molecular flexibility index (Phi) is 13.6. The molecular formula is C35H61N7O7. The fraction of sp³-hybridized carbons (Fsp3) is 0.829. The summed E-state index contributed by atoms with van der Waals surface area (Å²) in [5.41, 5.74) is 0. The largest absolute Gasteiger partial charge is 0.376 e. The molecule has 0 aromatic carbocycles. The molecule has 278 valence electrons. The molecular weight excluding hydrogens is 630 g/mol. The van der Waals surface area contributed by atoms with Crippen molar-refractivity contribution >= 4 is 35.4 Å². The van der Waals surface area contributed by atoms with Crippen molar-refractivity contribution in [3.8, 4) is 0 Å². The number of hydrogen-bond donors (Lipinski definition) is 4. The maximum atomic E-state index is 13.9. The number of aliphatic hydroxyl groups excluding tert-OH is 1. The molecule has 1 unspecified atom stereocenters. The van der Waals surface area contributed by atoms with Crippen LogP contribution < -0.4 is 16.0 Å². The highest BCUT2D eigenvalue weighted by molar-refractivity contribution is 5.96. The molecule has 6 amide bonds. The second-order valence-corrected chi connectivity index (χ2v) is 15.5. The van der Waals surface area contributed by atoms with Crippen LogP contribution in [0.15, 0.2) is 0 Å². The summed E-state index contributed by atoms with van der Waals surface area (Å²) in [7, 11) is 6.07. The van der Waals surface area contributed by atoms with E-state index in [0.717, 1.165) is 25.7 Å². The lowest BCUT2D eigenvalue weighted by Crippen LogP contribution is -2.61. The van der Waals surface area contributed by atoms with Gasteiger partial charge in [0.05, 0.1) is 12.1 Å². The highest BCUT2D eigenvalue weighted by Gasteiger charge is 2.45. The number of nitrogens with one attached hydrogen (secondary N) is 3. The van der Waals surface area contributed by atoms with Gasteiger partial charge in [-0.05, 0) is 83.0 Å². The van der Waals surface area contributed by atoms with Crippen LogP contribution in [0.2, 0.25) is 0 Å². The van der Waals surface area contributed by atoms with Crippen molar-refractivity contribution < 1.29 is 33.9 Å². The molecule has 0 radical (unpaired) electrons. The highest BCUT2D eigenvalue weighted by Crippen LogP contribution is 2.35. The maximum absolute atomic E-state index is 13.9. The van der Waals surface area contributed by atoms with Crippen LogP contribution in [0.4, 0.5) is 0 Å². The zero-order chi connectivity index (χ0) is 37.1. The van der Waals surface area contributed by atoms with Crippen molar-refractivity contribution in [1.29, 1.82) is 0 Å². The third kappa shape index (κ3) is 9.93. The van der Waals surface area contributed by atoms with Crippen LogP contribution in [0, 0.1) is 23.7 Å². The van der Waals surface area contributed by atoms with Gasteiger partial charge in [0.25, 0.3) is 0 Å². The second-order valence-electron chi connectivity index (χ2n) is 15.5. The van der Waals surface area contributed by atoms with Gasteiger partial charge < -0.3 is 35.3 Å². The molecule has 3 rings (SSSR count). The lowest BCUT2D eigenvalue weighted by Gasteiger charge is -2.36. The lowest BCUT2D eigenvalue weighted by atomic mass is 9.99. The van der Waals surface area contributed by atoms with Gasteiger partial charge >= 0.3 is 0 Å². The van der Waals surface area contributed by atoms with E-state index in [0.29, 0.717) is 12.8 Å². The quantitative estimate of drug-likeness (QED) is 0.313. The van der Waals surface area contributed by atoms with Gasteiger partial charge in [-0.2, -0.15) is 0 Å². The molecule has 14 heteroatoms. The third-order valence-electron chi connectivity index (χ3n) is 10.5. The lowest BCUT2D eigenvalue weighted by molar-refractivity contribution is -0.150. The molecule has 3 fully saturated rings. The van der Waals surface area contributed by atoms with E-state index >= 15 is 0 Å². The van der Waals surface area contributed by atoms with E-state index in [1.165, 1.54) is 47.8 Å². The van der Waals surface area contributed by atoms with Gasteiger partial charge in [-0.3, -0.25) is 34.1 Å². The molecule has 1 heterocycles. The summed E-state index contributed by atoms with van der Waals surface area (Å²) >= 11 is 0. The van der Waals surface area contributed by atoms with Crippen LogP contribution in [-0.4, -0.2) is 137 Å². The molecule has 49 heavy (non-hydrogen) atoms. The van der Waals surface area contributed by atoms with Crippen LogP contribution in [0.5, 0.6) is 0 Å². The van der Waals surface area contributed by atoms with Gasteiger partial charge in [0.2, 0.25) is 35.4 Å². The topological polar surface area (TPSA) is 172 Å². The normalized spacial score (nSPS) is 32.9. The first-order valence-corrected chi connectivity index (χ1v) is 17.9. The molecule has 2 aliphatic carbocycles. The summed E-state index contributed by atoms with van der Waals surface area (Å²) in [6.45, 7) is 12.6. The van der Waals surface area contributed by atoms with Crippen molar-refractivity contribution in [2.24, 2.45) is 23.7 Å². The fourth-order valence-electron chi connectivity index (χ4n) is 6.43. The number of hydrogen-bond acceptors (Lipinski definition) is 8. The van der Waals surface area contributed by atoms with E-state index in [9.17, 15) is 33.9 Å². The predicted octanol–water partition coefficient (Wildman–Crippen LogP) is 0.526. The number of carbonyl (C=O) groups is 6. The summed E-state index contributed by atoms with van der Waals surface area (Å²) in [5.74, 6) is -2.75. The summed E-state index contributed by atoms with van der Waals surface area (Å²) < 4.78 is 0. The Hall–Kier alpha value is -3.26. The molecule has 0 aromatic rings. The number of likely N-dealkylation sites (N-methyl/N-ethyl adjacent to an activating group) is 4. The molecule has 4 N–H and O–H groups in total. The second kappa shape index (κ2) is 16.6. The molecule has 2 saturated carbocycles. The Labute approximate surface area is 292 Å². The zero-order valence-corrected chi connectivity index (χ0v) is 31.4.